The molecule has 2 aromatic rings. The predicted octanol–water partition coefficient (Wildman–Crippen LogP) is 1.86. The molecule has 0 bridgehead atoms. The summed E-state index contributed by atoms with van der Waals surface area (Å²) in [5.74, 6) is -0.0446. The Bertz CT molecular complexity index is 735. The van der Waals surface area contributed by atoms with Crippen LogP contribution in [0.25, 0.3) is 0 Å². The van der Waals surface area contributed by atoms with Crippen LogP contribution in [0, 0.1) is 0 Å². The molecule has 126 valence electrons. The maximum Gasteiger partial charge on any atom is 0.321 e. The molecule has 0 saturated carbocycles. The highest BCUT2D eigenvalue weighted by Gasteiger charge is 2.07. The highest BCUT2D eigenvalue weighted by molar-refractivity contribution is 7.84. The highest BCUT2D eigenvalue weighted by Crippen LogP contribution is 2.15. The second-order valence-electron chi connectivity index (χ2n) is 4.98. The van der Waals surface area contributed by atoms with Gasteiger partial charge in [0.05, 0.1) is 23.1 Å². The number of carbonyl (C=O) groups is 2. The number of benzene rings is 2. The summed E-state index contributed by atoms with van der Waals surface area (Å²) in [7, 11) is 0.312. The molecule has 0 aliphatic heterocycles. The Kier molecular flexibility index (Phi) is 6.51. The van der Waals surface area contributed by atoms with Crippen molar-refractivity contribution in [2.24, 2.45) is 0 Å². The Hall–Kier alpha value is -2.67. The van der Waals surface area contributed by atoms with E-state index in [1.165, 1.54) is 7.05 Å². The standard InChI is InChI=1S/C17H19N3O3S/c1-18-17(22)20-16(21)11-19-14-7-5-6-13(10-14)12-24(23)15-8-3-2-4-9-15/h2-10,19H,11-12H2,1H3,(H2,18,20,21,22)/t24-/m1/s1. The van der Waals surface area contributed by atoms with E-state index in [9.17, 15) is 13.8 Å². The lowest BCUT2D eigenvalue weighted by Gasteiger charge is -2.09. The number of urea groups is 1. The highest BCUT2D eigenvalue weighted by atomic mass is 32.2. The fourth-order valence-corrected chi connectivity index (χ4v) is 3.10. The summed E-state index contributed by atoms with van der Waals surface area (Å²) in [6.07, 6.45) is 0. The summed E-state index contributed by atoms with van der Waals surface area (Å²) >= 11 is 0. The van der Waals surface area contributed by atoms with Crippen LogP contribution in [-0.4, -0.2) is 29.7 Å². The Labute approximate surface area is 143 Å². The van der Waals surface area contributed by atoms with Crippen molar-refractivity contribution in [3.8, 4) is 0 Å². The summed E-state index contributed by atoms with van der Waals surface area (Å²) in [6, 6.07) is 16.1. The van der Waals surface area contributed by atoms with Crippen molar-refractivity contribution in [1.29, 1.82) is 0 Å². The molecule has 1 atom stereocenters. The van der Waals surface area contributed by atoms with Gasteiger partial charge in [-0.1, -0.05) is 30.3 Å². The number of amides is 3. The topological polar surface area (TPSA) is 87.3 Å². The minimum atomic E-state index is -1.12. The van der Waals surface area contributed by atoms with Crippen molar-refractivity contribution in [2.45, 2.75) is 10.6 Å². The van der Waals surface area contributed by atoms with Crippen LogP contribution in [0.3, 0.4) is 0 Å². The first-order chi connectivity index (χ1) is 11.6. The molecule has 3 amide bonds. The molecule has 0 aliphatic rings. The van der Waals surface area contributed by atoms with Crippen molar-refractivity contribution in [1.82, 2.24) is 10.6 Å². The largest absolute Gasteiger partial charge is 0.376 e. The molecule has 0 aliphatic carbocycles. The Morgan fingerprint density at radius 2 is 1.79 bits per heavy atom. The molecule has 2 rings (SSSR count). The zero-order valence-electron chi connectivity index (χ0n) is 13.2. The molecule has 24 heavy (non-hydrogen) atoms. The first-order valence-corrected chi connectivity index (χ1v) is 8.68. The van der Waals surface area contributed by atoms with Gasteiger partial charge in [0, 0.05) is 17.6 Å². The van der Waals surface area contributed by atoms with E-state index in [0.29, 0.717) is 5.75 Å². The van der Waals surface area contributed by atoms with E-state index in [0.717, 1.165) is 16.1 Å². The van der Waals surface area contributed by atoms with Crippen molar-refractivity contribution < 1.29 is 13.8 Å². The molecule has 0 fully saturated rings. The lowest BCUT2D eigenvalue weighted by atomic mass is 10.2. The van der Waals surface area contributed by atoms with Gasteiger partial charge in [0.1, 0.15) is 0 Å². The summed E-state index contributed by atoms with van der Waals surface area (Å²) in [6.45, 7) is -0.0291. The average Bonchev–Trinajstić information content (AvgIpc) is 2.61. The van der Waals surface area contributed by atoms with Crippen LogP contribution in [0.1, 0.15) is 5.56 Å². The van der Waals surface area contributed by atoms with E-state index >= 15 is 0 Å². The number of rotatable bonds is 6. The molecule has 6 nitrogen and oxygen atoms in total. The zero-order chi connectivity index (χ0) is 17.4. The molecule has 2 aromatic carbocycles. The zero-order valence-corrected chi connectivity index (χ0v) is 14.1. The Balaban J connectivity index is 1.93. The monoisotopic (exact) mass is 345 g/mol. The van der Waals surface area contributed by atoms with Crippen molar-refractivity contribution in [3.05, 3.63) is 60.2 Å². The minimum absolute atomic E-state index is 0.0291. The quantitative estimate of drug-likeness (QED) is 0.746. The molecular weight excluding hydrogens is 326 g/mol. The first-order valence-electron chi connectivity index (χ1n) is 7.36. The van der Waals surface area contributed by atoms with Crippen LogP contribution >= 0.6 is 0 Å². The van der Waals surface area contributed by atoms with E-state index in [-0.39, 0.29) is 6.54 Å². The normalized spacial score (nSPS) is 11.4. The number of nitrogens with one attached hydrogen (secondary N) is 3. The fourth-order valence-electron chi connectivity index (χ4n) is 1.99. The van der Waals surface area contributed by atoms with Gasteiger partial charge in [0.25, 0.3) is 0 Å². The van der Waals surface area contributed by atoms with Gasteiger partial charge in [0.2, 0.25) is 5.91 Å². The van der Waals surface area contributed by atoms with Crippen LogP contribution in [0.5, 0.6) is 0 Å². The summed E-state index contributed by atoms with van der Waals surface area (Å²) in [5, 5.41) is 7.41. The molecule has 0 saturated heterocycles. The van der Waals surface area contributed by atoms with Crippen molar-refractivity contribution in [2.75, 3.05) is 18.9 Å². The van der Waals surface area contributed by atoms with E-state index < -0.39 is 22.7 Å². The van der Waals surface area contributed by atoms with Gasteiger partial charge in [-0.25, -0.2) is 4.79 Å². The first kappa shape index (κ1) is 17.7. The van der Waals surface area contributed by atoms with Crippen LogP contribution in [0.2, 0.25) is 0 Å². The molecule has 0 aromatic heterocycles. The van der Waals surface area contributed by atoms with Gasteiger partial charge in [-0.2, -0.15) is 0 Å². The van der Waals surface area contributed by atoms with Gasteiger partial charge < -0.3 is 10.6 Å². The maximum atomic E-state index is 12.3. The van der Waals surface area contributed by atoms with E-state index in [2.05, 4.69) is 16.0 Å². The third-order valence-corrected chi connectivity index (χ3v) is 4.56. The van der Waals surface area contributed by atoms with Gasteiger partial charge in [-0.15, -0.1) is 0 Å². The lowest BCUT2D eigenvalue weighted by molar-refractivity contribution is -0.118. The van der Waals surface area contributed by atoms with Crippen molar-refractivity contribution >= 4 is 28.4 Å². The molecule has 7 heteroatoms. The van der Waals surface area contributed by atoms with Gasteiger partial charge >= 0.3 is 6.03 Å². The fraction of sp³-hybridized carbons (Fsp3) is 0.176. The molecule has 0 radical (unpaired) electrons. The third-order valence-electron chi connectivity index (χ3n) is 3.16. The molecule has 0 unspecified atom stereocenters. The number of anilines is 1. The summed E-state index contributed by atoms with van der Waals surface area (Å²) in [4.78, 5) is 23.4. The summed E-state index contributed by atoms with van der Waals surface area (Å²) < 4.78 is 12.3. The van der Waals surface area contributed by atoms with Crippen LogP contribution < -0.4 is 16.0 Å². The van der Waals surface area contributed by atoms with Crippen LogP contribution in [0.4, 0.5) is 10.5 Å². The van der Waals surface area contributed by atoms with Crippen LogP contribution in [0.15, 0.2) is 59.5 Å². The molecule has 0 heterocycles. The van der Waals surface area contributed by atoms with Gasteiger partial charge in [-0.3, -0.25) is 14.3 Å². The third kappa shape index (κ3) is 5.51. The van der Waals surface area contributed by atoms with E-state index in [1.54, 1.807) is 0 Å². The molecule has 0 spiro atoms. The maximum absolute atomic E-state index is 12.3. The van der Waals surface area contributed by atoms with Gasteiger partial charge in [0.15, 0.2) is 0 Å². The van der Waals surface area contributed by atoms with Gasteiger partial charge in [-0.05, 0) is 29.8 Å². The smallest absolute Gasteiger partial charge is 0.321 e. The predicted molar refractivity (Wildman–Crippen MR) is 94.1 cm³/mol. The number of hydrogen-bond acceptors (Lipinski definition) is 4. The van der Waals surface area contributed by atoms with Crippen LogP contribution in [-0.2, 0) is 21.3 Å². The lowest BCUT2D eigenvalue weighted by Crippen LogP contribution is -2.40. The molecule has 3 N–H and O–H groups in total. The Morgan fingerprint density at radius 3 is 2.50 bits per heavy atom. The number of carbonyl (C=O) groups excluding carboxylic acids is 2. The van der Waals surface area contributed by atoms with E-state index in [4.69, 9.17) is 0 Å². The summed E-state index contributed by atoms with van der Waals surface area (Å²) in [5.41, 5.74) is 1.62. The SMILES string of the molecule is CNC(=O)NC(=O)CNc1cccc(C[S@@](=O)c2ccccc2)c1. The second-order valence-corrected chi connectivity index (χ2v) is 6.44. The number of hydrogen-bond donors (Lipinski definition) is 3. The molecular formula is C17H19N3O3S. The number of imide groups is 1. The van der Waals surface area contributed by atoms with E-state index in [1.807, 2.05) is 54.6 Å². The minimum Gasteiger partial charge on any atom is -0.376 e. The second kappa shape index (κ2) is 8.83. The van der Waals surface area contributed by atoms with Crippen molar-refractivity contribution in [3.63, 3.8) is 0 Å². The Morgan fingerprint density at radius 1 is 1.04 bits per heavy atom. The average molecular weight is 345 g/mol.